The van der Waals surface area contributed by atoms with Gasteiger partial charge in [0, 0.05) is 11.1 Å². The van der Waals surface area contributed by atoms with Gasteiger partial charge >= 0.3 is 0 Å². The molecule has 0 spiro atoms. The number of hydrogen-bond acceptors (Lipinski definition) is 0. The van der Waals surface area contributed by atoms with Gasteiger partial charge in [0.25, 0.3) is 0 Å². The van der Waals surface area contributed by atoms with E-state index in [2.05, 4.69) is 103 Å². The molecule has 2 aromatic rings. The predicted octanol–water partition coefficient (Wildman–Crippen LogP) is 6.60. The highest BCUT2D eigenvalue weighted by Crippen LogP contribution is 2.19. The molecule has 0 amide bonds. The third kappa shape index (κ3) is 10.1. The van der Waals surface area contributed by atoms with E-state index in [1.165, 1.54) is 29.5 Å². The molecule has 0 N–H and O–H groups in total. The third-order valence-electron chi connectivity index (χ3n) is 4.18. The maximum absolute atomic E-state index is 2.28. The molecule has 1 heteroatoms. The molecule has 138 valence electrons. The Kier molecular flexibility index (Phi) is 8.38. The van der Waals surface area contributed by atoms with Crippen molar-refractivity contribution < 1.29 is 4.48 Å². The molecule has 0 bridgehead atoms. The fourth-order valence-corrected chi connectivity index (χ4v) is 3.07. The van der Waals surface area contributed by atoms with Crippen LogP contribution in [0.3, 0.4) is 0 Å². The van der Waals surface area contributed by atoms with Crippen LogP contribution in [0.25, 0.3) is 0 Å². The monoisotopic (exact) mass is 340 g/mol. The molecule has 0 aromatic heterocycles. The largest absolute Gasteiger partial charge is 0.321 e. The number of hydrogen-bond donors (Lipinski definition) is 0. The zero-order chi connectivity index (χ0) is 18.9. The van der Waals surface area contributed by atoms with Crippen molar-refractivity contribution in [2.24, 2.45) is 5.41 Å². The van der Waals surface area contributed by atoms with E-state index in [4.69, 9.17) is 0 Å². The fourth-order valence-electron chi connectivity index (χ4n) is 3.07. The van der Waals surface area contributed by atoms with Crippen LogP contribution in [0.2, 0.25) is 0 Å². The van der Waals surface area contributed by atoms with Crippen molar-refractivity contribution in [3.63, 3.8) is 0 Å². The first-order valence-electron chi connectivity index (χ1n) is 9.53. The summed E-state index contributed by atoms with van der Waals surface area (Å²) in [6, 6.07) is 19.6. The highest BCUT2D eigenvalue weighted by molar-refractivity contribution is 5.20. The van der Waals surface area contributed by atoms with Crippen LogP contribution >= 0.6 is 0 Å². The Morgan fingerprint density at radius 1 is 0.760 bits per heavy atom. The Labute approximate surface area is 156 Å². The van der Waals surface area contributed by atoms with Crippen LogP contribution in [0.4, 0.5) is 0 Å². The van der Waals surface area contributed by atoms with Gasteiger partial charge in [0.1, 0.15) is 13.1 Å². The first-order chi connectivity index (χ1) is 11.6. The Morgan fingerprint density at radius 2 is 1.24 bits per heavy atom. The number of rotatable bonds is 5. The van der Waals surface area contributed by atoms with Gasteiger partial charge in [-0.25, -0.2) is 0 Å². The molecule has 25 heavy (non-hydrogen) atoms. The SMILES string of the molecule is CCCC(C)(C)C.Cc1ccc(C[N+](C)(C)Cc2ccccc2)cc1. The van der Waals surface area contributed by atoms with Crippen molar-refractivity contribution in [2.45, 2.75) is 60.5 Å². The van der Waals surface area contributed by atoms with Crippen LogP contribution in [0.15, 0.2) is 54.6 Å². The van der Waals surface area contributed by atoms with E-state index in [1.807, 2.05) is 0 Å². The summed E-state index contributed by atoms with van der Waals surface area (Å²) in [5, 5.41) is 0. The van der Waals surface area contributed by atoms with Gasteiger partial charge in [0.2, 0.25) is 0 Å². The second-order valence-corrected chi connectivity index (χ2v) is 9.03. The summed E-state index contributed by atoms with van der Waals surface area (Å²) >= 11 is 0. The average molecular weight is 341 g/mol. The predicted molar refractivity (Wildman–Crippen MR) is 112 cm³/mol. The van der Waals surface area contributed by atoms with Crippen LogP contribution in [0.1, 0.15) is 57.2 Å². The molecule has 2 aromatic carbocycles. The van der Waals surface area contributed by atoms with Gasteiger partial charge in [0.15, 0.2) is 0 Å². The molecule has 0 atom stereocenters. The van der Waals surface area contributed by atoms with Crippen LogP contribution in [0, 0.1) is 12.3 Å². The van der Waals surface area contributed by atoms with Crippen LogP contribution in [-0.2, 0) is 13.1 Å². The highest BCUT2D eigenvalue weighted by atomic mass is 15.3. The molecular weight excluding hydrogens is 302 g/mol. The van der Waals surface area contributed by atoms with E-state index in [1.54, 1.807) is 0 Å². The van der Waals surface area contributed by atoms with Crippen LogP contribution < -0.4 is 0 Å². The van der Waals surface area contributed by atoms with Crippen molar-refractivity contribution in [3.05, 3.63) is 71.3 Å². The molecule has 1 nitrogen and oxygen atoms in total. The van der Waals surface area contributed by atoms with E-state index in [-0.39, 0.29) is 0 Å². The zero-order valence-corrected chi connectivity index (χ0v) is 17.5. The third-order valence-corrected chi connectivity index (χ3v) is 4.18. The molecule has 0 radical (unpaired) electrons. The lowest BCUT2D eigenvalue weighted by Gasteiger charge is -2.30. The van der Waals surface area contributed by atoms with Crippen molar-refractivity contribution in [1.29, 1.82) is 0 Å². The molecule has 2 rings (SSSR count). The van der Waals surface area contributed by atoms with E-state index >= 15 is 0 Å². The highest BCUT2D eigenvalue weighted by Gasteiger charge is 2.16. The van der Waals surface area contributed by atoms with Crippen molar-refractivity contribution in [3.8, 4) is 0 Å². The van der Waals surface area contributed by atoms with Crippen LogP contribution in [0.5, 0.6) is 0 Å². The van der Waals surface area contributed by atoms with Gasteiger partial charge in [-0.2, -0.15) is 0 Å². The van der Waals surface area contributed by atoms with Gasteiger partial charge in [-0.3, -0.25) is 0 Å². The topological polar surface area (TPSA) is 0 Å². The Bertz CT molecular complexity index is 588. The van der Waals surface area contributed by atoms with Gasteiger partial charge in [-0.05, 0) is 18.8 Å². The van der Waals surface area contributed by atoms with Gasteiger partial charge in [-0.15, -0.1) is 0 Å². The quantitative estimate of drug-likeness (QED) is 0.538. The number of aryl methyl sites for hydroxylation is 1. The minimum absolute atomic E-state index is 0.550. The van der Waals surface area contributed by atoms with Gasteiger partial charge in [0.05, 0.1) is 14.1 Å². The molecule has 0 heterocycles. The Hall–Kier alpha value is -1.60. The normalized spacial score (nSPS) is 11.6. The van der Waals surface area contributed by atoms with Crippen molar-refractivity contribution >= 4 is 0 Å². The zero-order valence-electron chi connectivity index (χ0n) is 17.5. The first-order valence-corrected chi connectivity index (χ1v) is 9.53. The van der Waals surface area contributed by atoms with Crippen LogP contribution in [-0.4, -0.2) is 18.6 Å². The average Bonchev–Trinajstić information content (AvgIpc) is 2.49. The van der Waals surface area contributed by atoms with E-state index < -0.39 is 0 Å². The summed E-state index contributed by atoms with van der Waals surface area (Å²) in [5.74, 6) is 0. The number of quaternary nitrogens is 1. The molecule has 0 saturated carbocycles. The lowest BCUT2D eigenvalue weighted by molar-refractivity contribution is -0.916. The molecule has 0 saturated heterocycles. The summed E-state index contributed by atoms with van der Waals surface area (Å²) in [5.41, 5.74) is 4.68. The lowest BCUT2D eigenvalue weighted by atomic mass is 9.91. The molecule has 0 fully saturated rings. The summed E-state index contributed by atoms with van der Waals surface area (Å²) < 4.78 is 0.979. The molecule has 0 aliphatic rings. The minimum atomic E-state index is 0.550. The number of nitrogens with zero attached hydrogens (tertiary/aromatic N) is 1. The fraction of sp³-hybridized carbons (Fsp3) is 0.500. The van der Waals surface area contributed by atoms with E-state index in [9.17, 15) is 0 Å². The van der Waals surface area contributed by atoms with Gasteiger partial charge in [-0.1, -0.05) is 94.3 Å². The standard InChI is InChI=1S/C17H22N.C7H16/c1-15-9-11-17(12-10-15)14-18(2,3)13-16-7-5-4-6-8-16;1-5-6-7(2,3)4/h4-12H,13-14H2,1-3H3;5-6H2,1-4H3/q+1;. The first kappa shape index (κ1) is 21.4. The molecule has 0 aliphatic heterocycles. The molecular formula is C24H38N+. The summed E-state index contributed by atoms with van der Waals surface area (Å²) in [7, 11) is 4.57. The van der Waals surface area contributed by atoms with Crippen molar-refractivity contribution in [2.75, 3.05) is 14.1 Å². The van der Waals surface area contributed by atoms with E-state index in [0.29, 0.717) is 5.41 Å². The number of benzene rings is 2. The van der Waals surface area contributed by atoms with E-state index in [0.717, 1.165) is 17.6 Å². The minimum Gasteiger partial charge on any atom is -0.321 e. The second kappa shape index (κ2) is 9.77. The van der Waals surface area contributed by atoms with Gasteiger partial charge < -0.3 is 4.48 Å². The Balaban J connectivity index is 0.000000381. The maximum Gasteiger partial charge on any atom is 0.104 e. The molecule has 0 aliphatic carbocycles. The Morgan fingerprint density at radius 3 is 1.64 bits per heavy atom. The molecule has 0 unspecified atom stereocenters. The lowest BCUT2D eigenvalue weighted by Crippen LogP contribution is -2.37. The summed E-state index contributed by atoms with van der Waals surface area (Å²) in [6.45, 7) is 13.3. The summed E-state index contributed by atoms with van der Waals surface area (Å²) in [6.07, 6.45) is 2.65. The maximum atomic E-state index is 2.28. The van der Waals surface area contributed by atoms with Crippen molar-refractivity contribution in [1.82, 2.24) is 0 Å². The smallest absolute Gasteiger partial charge is 0.104 e. The second-order valence-electron chi connectivity index (χ2n) is 9.03. The summed E-state index contributed by atoms with van der Waals surface area (Å²) in [4.78, 5) is 0.